The maximum absolute atomic E-state index is 3.97. The van der Waals surface area contributed by atoms with E-state index in [0.29, 0.717) is 5.92 Å². The number of hydrogen-bond donors (Lipinski definition) is 1. The Kier molecular flexibility index (Phi) is 6.38. The van der Waals surface area contributed by atoms with Crippen LogP contribution in [0, 0.1) is 5.92 Å². The lowest BCUT2D eigenvalue weighted by Crippen LogP contribution is -2.25. The Labute approximate surface area is 355 Å². The summed E-state index contributed by atoms with van der Waals surface area (Å²) in [5.41, 5.74) is 24.5. The predicted molar refractivity (Wildman–Crippen MR) is 255 cm³/mol. The number of rotatable bonds is 2. The molecule has 0 saturated heterocycles. The van der Waals surface area contributed by atoms with Crippen molar-refractivity contribution in [2.24, 2.45) is 5.92 Å². The minimum Gasteiger partial charge on any atom is -0.354 e. The smallest absolute Gasteiger partial charge is 0.0726 e. The largest absolute Gasteiger partial charge is 0.354 e. The van der Waals surface area contributed by atoms with Crippen LogP contribution in [-0.2, 0) is 10.8 Å². The summed E-state index contributed by atoms with van der Waals surface area (Å²) in [6.07, 6.45) is 8.18. The second kappa shape index (κ2) is 11.6. The van der Waals surface area contributed by atoms with E-state index in [4.69, 9.17) is 0 Å². The molecule has 2 nitrogen and oxygen atoms in total. The number of nitrogens with zero attached hydrogens (tertiary/aromatic N) is 1. The van der Waals surface area contributed by atoms with Gasteiger partial charge in [-0.3, -0.25) is 0 Å². The third kappa shape index (κ3) is 4.13. The summed E-state index contributed by atoms with van der Waals surface area (Å²) in [6, 6.07) is 60.2. The van der Waals surface area contributed by atoms with Crippen LogP contribution >= 0.6 is 0 Å². The highest BCUT2D eigenvalue weighted by molar-refractivity contribution is 6.17. The summed E-state index contributed by atoms with van der Waals surface area (Å²) in [6.45, 7) is 7.07. The van der Waals surface area contributed by atoms with Crippen LogP contribution in [0.3, 0.4) is 0 Å². The molecule has 2 heterocycles. The Bertz CT molecular complexity index is 3630. The van der Waals surface area contributed by atoms with Gasteiger partial charge in [-0.1, -0.05) is 154 Å². The predicted octanol–water partition coefficient (Wildman–Crippen LogP) is 15.2. The summed E-state index contributed by atoms with van der Waals surface area (Å²) in [5, 5.41) is 5.12. The Balaban J connectivity index is 0.975. The zero-order valence-electron chi connectivity index (χ0n) is 34.5. The molecule has 14 rings (SSSR count). The molecular formula is C59H42N2. The third-order valence-corrected chi connectivity index (χ3v) is 15.1. The van der Waals surface area contributed by atoms with Gasteiger partial charge in [0, 0.05) is 43.7 Å². The van der Waals surface area contributed by atoms with Gasteiger partial charge in [0.1, 0.15) is 0 Å². The van der Waals surface area contributed by atoms with Crippen LogP contribution in [0.15, 0.2) is 176 Å². The van der Waals surface area contributed by atoms with Crippen LogP contribution in [0.25, 0.3) is 93.8 Å². The zero-order chi connectivity index (χ0) is 40.4. The van der Waals surface area contributed by atoms with Gasteiger partial charge >= 0.3 is 0 Å². The number of H-pyrrole nitrogens is 1. The van der Waals surface area contributed by atoms with Crippen molar-refractivity contribution in [2.45, 2.75) is 38.0 Å². The molecule has 0 aliphatic heterocycles. The van der Waals surface area contributed by atoms with E-state index < -0.39 is 0 Å². The second-order valence-electron chi connectivity index (χ2n) is 18.5. The van der Waals surface area contributed by atoms with Crippen molar-refractivity contribution in [3.63, 3.8) is 0 Å². The van der Waals surface area contributed by atoms with Crippen molar-refractivity contribution in [3.05, 3.63) is 209 Å². The third-order valence-electron chi connectivity index (χ3n) is 15.1. The van der Waals surface area contributed by atoms with Gasteiger partial charge in [-0.05, 0) is 127 Å². The lowest BCUT2D eigenvalue weighted by Gasteiger charge is -2.30. The fourth-order valence-electron chi connectivity index (χ4n) is 12.3. The number of allylic oxidation sites excluding steroid dienone is 4. The molecule has 10 aromatic rings. The first kappa shape index (κ1) is 33.6. The fourth-order valence-corrected chi connectivity index (χ4v) is 12.3. The SMILES string of the molecule is CC1C=CC(n2c3ccc(-c4ccc5[nH]c6c7c(ccc6c5c4)C4(c5ccccc5-c5ccccc54)c4ccccc4-7)cc3c3cc4c(cc32)C(C)(C)c2ccccc2-4)=CC1. The summed E-state index contributed by atoms with van der Waals surface area (Å²) >= 11 is 0. The number of benzene rings is 8. The van der Waals surface area contributed by atoms with E-state index in [1.54, 1.807) is 0 Å². The van der Waals surface area contributed by atoms with Crippen LogP contribution < -0.4 is 0 Å². The van der Waals surface area contributed by atoms with Crippen LogP contribution in [0.4, 0.5) is 0 Å². The molecule has 0 radical (unpaired) electrons. The molecule has 0 saturated carbocycles. The Hall–Kier alpha value is -7.16. The molecule has 1 unspecified atom stereocenters. The lowest BCUT2D eigenvalue weighted by molar-refractivity contribution is 0.661. The van der Waals surface area contributed by atoms with Crippen molar-refractivity contribution in [1.82, 2.24) is 9.55 Å². The minimum absolute atomic E-state index is 0.0680. The maximum atomic E-state index is 3.97. The lowest BCUT2D eigenvalue weighted by atomic mass is 9.70. The van der Waals surface area contributed by atoms with Crippen molar-refractivity contribution < 1.29 is 0 Å². The first-order valence-corrected chi connectivity index (χ1v) is 21.9. The molecule has 1 spiro atoms. The molecule has 1 N–H and O–H groups in total. The fraction of sp³-hybridized carbons (Fsp3) is 0.119. The average molecular weight is 779 g/mol. The Morgan fingerprint density at radius 2 is 1.11 bits per heavy atom. The van der Waals surface area contributed by atoms with E-state index in [-0.39, 0.29) is 10.8 Å². The van der Waals surface area contributed by atoms with Crippen molar-refractivity contribution in [1.29, 1.82) is 0 Å². The Morgan fingerprint density at radius 1 is 0.508 bits per heavy atom. The van der Waals surface area contributed by atoms with E-state index in [9.17, 15) is 0 Å². The molecule has 61 heavy (non-hydrogen) atoms. The number of fused-ring (bicyclic) bond motifs is 20. The Morgan fingerprint density at radius 3 is 1.82 bits per heavy atom. The van der Waals surface area contributed by atoms with Gasteiger partial charge in [-0.25, -0.2) is 0 Å². The average Bonchev–Trinajstić information content (AvgIpc) is 4.06. The molecule has 0 amide bonds. The van der Waals surface area contributed by atoms with Gasteiger partial charge in [0.2, 0.25) is 0 Å². The van der Waals surface area contributed by atoms with Crippen molar-refractivity contribution >= 4 is 49.3 Å². The highest BCUT2D eigenvalue weighted by Gasteiger charge is 2.52. The molecule has 0 bridgehead atoms. The number of aromatic nitrogens is 2. The molecule has 8 aromatic carbocycles. The first-order valence-electron chi connectivity index (χ1n) is 21.9. The summed E-state index contributed by atoms with van der Waals surface area (Å²) in [5.74, 6) is 0.550. The monoisotopic (exact) mass is 778 g/mol. The van der Waals surface area contributed by atoms with Gasteiger partial charge < -0.3 is 9.55 Å². The van der Waals surface area contributed by atoms with E-state index >= 15 is 0 Å². The molecule has 4 aliphatic rings. The zero-order valence-corrected chi connectivity index (χ0v) is 34.5. The van der Waals surface area contributed by atoms with Gasteiger partial charge in [0.05, 0.1) is 22.0 Å². The standard InChI is InChI=1S/C59H42N2/c1-34-20-24-37(25-21-34)61-54-29-23-36(31-45(54)46-32-43-40-14-4-8-16-47(40)58(2,3)52(43)33-55(46)61)35-22-28-53-44(30-35)41-26-27-51-56(57(41)60-53)42-15-7-11-19-50(42)59(51)48-17-9-5-12-38(48)39-13-6-10-18-49(39)59/h4-20,22-34,60H,21H2,1-3H3. The number of hydrogen-bond acceptors (Lipinski definition) is 0. The van der Waals surface area contributed by atoms with Crippen LogP contribution in [0.1, 0.15) is 60.6 Å². The molecule has 1 atom stereocenters. The molecule has 288 valence electrons. The number of nitrogens with one attached hydrogen (secondary N) is 1. The van der Waals surface area contributed by atoms with Crippen molar-refractivity contribution in [2.75, 3.05) is 0 Å². The van der Waals surface area contributed by atoms with Gasteiger partial charge in [0.15, 0.2) is 0 Å². The van der Waals surface area contributed by atoms with Crippen LogP contribution in [-0.4, -0.2) is 9.55 Å². The van der Waals surface area contributed by atoms with Crippen molar-refractivity contribution in [3.8, 4) is 44.5 Å². The van der Waals surface area contributed by atoms with E-state index in [0.717, 1.165) is 11.9 Å². The summed E-state index contributed by atoms with van der Waals surface area (Å²) < 4.78 is 2.52. The topological polar surface area (TPSA) is 20.7 Å². The molecular weight excluding hydrogens is 737 g/mol. The first-order chi connectivity index (χ1) is 29.9. The normalized spacial score (nSPS) is 17.2. The highest BCUT2D eigenvalue weighted by atomic mass is 15.0. The summed E-state index contributed by atoms with van der Waals surface area (Å²) in [4.78, 5) is 3.97. The van der Waals surface area contributed by atoms with Gasteiger partial charge in [0.25, 0.3) is 0 Å². The number of aromatic amines is 1. The molecule has 2 heteroatoms. The highest BCUT2D eigenvalue weighted by Crippen LogP contribution is 2.64. The molecule has 2 aromatic heterocycles. The molecule has 0 fully saturated rings. The van der Waals surface area contributed by atoms with E-state index in [1.165, 1.54) is 122 Å². The maximum Gasteiger partial charge on any atom is 0.0726 e. The van der Waals surface area contributed by atoms with Gasteiger partial charge in [-0.15, -0.1) is 0 Å². The summed E-state index contributed by atoms with van der Waals surface area (Å²) in [7, 11) is 0. The minimum atomic E-state index is -0.357. The van der Waals surface area contributed by atoms with Crippen LogP contribution in [0.5, 0.6) is 0 Å². The van der Waals surface area contributed by atoms with Crippen LogP contribution in [0.2, 0.25) is 0 Å². The molecule has 4 aliphatic carbocycles. The van der Waals surface area contributed by atoms with E-state index in [1.807, 2.05) is 0 Å². The quantitative estimate of drug-likeness (QED) is 0.180. The second-order valence-corrected chi connectivity index (χ2v) is 18.5. The van der Waals surface area contributed by atoms with Gasteiger partial charge in [-0.2, -0.15) is 0 Å². The van der Waals surface area contributed by atoms with E-state index in [2.05, 4.69) is 206 Å².